The third kappa shape index (κ3) is 2.83. The largest absolute Gasteiger partial charge is 0.398 e. The molecule has 2 rings (SSSR count). The molecule has 0 aromatic heterocycles. The van der Waals surface area contributed by atoms with Gasteiger partial charge in [-0.05, 0) is 43.4 Å². The van der Waals surface area contributed by atoms with Crippen molar-refractivity contribution in [2.45, 2.75) is 39.2 Å². The summed E-state index contributed by atoms with van der Waals surface area (Å²) in [6.45, 7) is 5.54. The zero-order chi connectivity index (χ0) is 14.0. The molecule has 1 amide bonds. The monoisotopic (exact) mass is 261 g/mol. The van der Waals surface area contributed by atoms with Crippen molar-refractivity contribution in [1.82, 2.24) is 0 Å². The highest BCUT2D eigenvalue weighted by Gasteiger charge is 2.25. The normalized spacial score (nSPS) is 23.4. The maximum Gasteiger partial charge on any atom is 0.250 e. The van der Waals surface area contributed by atoms with E-state index in [2.05, 4.69) is 18.7 Å². The number of nitrogens with zero attached hydrogens (tertiary/aromatic N) is 1. The van der Waals surface area contributed by atoms with Gasteiger partial charge in [0.2, 0.25) is 0 Å². The standard InChI is InChI=1S/C15H23N3O/c1-3-11-8-10(2)6-7-18(11)12-4-5-14(16)13(9-12)15(17)19/h4-5,9-11H,3,6-8,16H2,1-2H3,(H2,17,19)/t10-,11-/m1/s1. The van der Waals surface area contributed by atoms with E-state index in [9.17, 15) is 4.79 Å². The minimum Gasteiger partial charge on any atom is -0.398 e. The van der Waals surface area contributed by atoms with E-state index in [1.807, 2.05) is 12.1 Å². The Morgan fingerprint density at radius 2 is 2.21 bits per heavy atom. The van der Waals surface area contributed by atoms with Crippen molar-refractivity contribution in [1.29, 1.82) is 0 Å². The summed E-state index contributed by atoms with van der Waals surface area (Å²) in [7, 11) is 0. The Morgan fingerprint density at radius 1 is 1.47 bits per heavy atom. The Morgan fingerprint density at radius 3 is 2.84 bits per heavy atom. The van der Waals surface area contributed by atoms with Crippen molar-refractivity contribution in [3.05, 3.63) is 23.8 Å². The SMILES string of the molecule is CC[C@@H]1C[C@H](C)CCN1c1ccc(N)c(C(N)=O)c1. The van der Waals surface area contributed by atoms with Gasteiger partial charge in [-0.15, -0.1) is 0 Å². The van der Waals surface area contributed by atoms with Gasteiger partial charge in [-0.3, -0.25) is 4.79 Å². The molecule has 0 unspecified atom stereocenters. The summed E-state index contributed by atoms with van der Waals surface area (Å²) in [5.41, 5.74) is 13.1. The van der Waals surface area contributed by atoms with Crippen LogP contribution in [0.2, 0.25) is 0 Å². The molecule has 1 heterocycles. The van der Waals surface area contributed by atoms with Crippen molar-refractivity contribution >= 4 is 17.3 Å². The van der Waals surface area contributed by atoms with Crippen LogP contribution in [0.1, 0.15) is 43.5 Å². The Hall–Kier alpha value is -1.71. The highest BCUT2D eigenvalue weighted by atomic mass is 16.1. The van der Waals surface area contributed by atoms with Crippen LogP contribution in [0.3, 0.4) is 0 Å². The third-order valence-electron chi connectivity index (χ3n) is 4.08. The van der Waals surface area contributed by atoms with Crippen molar-refractivity contribution < 1.29 is 4.79 Å². The quantitative estimate of drug-likeness (QED) is 0.820. The molecule has 0 saturated carbocycles. The predicted octanol–water partition coefficient (Wildman–Crippen LogP) is 2.38. The Labute approximate surface area is 114 Å². The molecular weight excluding hydrogens is 238 g/mol. The Kier molecular flexibility index (Phi) is 3.98. The van der Waals surface area contributed by atoms with Gasteiger partial charge in [0.1, 0.15) is 0 Å². The lowest BCUT2D eigenvalue weighted by Gasteiger charge is -2.40. The number of hydrogen-bond donors (Lipinski definition) is 2. The van der Waals surface area contributed by atoms with E-state index in [4.69, 9.17) is 11.5 Å². The van der Waals surface area contributed by atoms with Crippen LogP contribution in [0, 0.1) is 5.92 Å². The van der Waals surface area contributed by atoms with Crippen LogP contribution in [0.15, 0.2) is 18.2 Å². The van der Waals surface area contributed by atoms with Gasteiger partial charge < -0.3 is 16.4 Å². The number of nitrogens with two attached hydrogens (primary N) is 2. The number of benzene rings is 1. The molecular formula is C15H23N3O. The molecule has 1 aliphatic rings. The van der Waals surface area contributed by atoms with Gasteiger partial charge in [0, 0.05) is 24.0 Å². The van der Waals surface area contributed by atoms with Crippen molar-refractivity contribution in [2.24, 2.45) is 11.7 Å². The third-order valence-corrected chi connectivity index (χ3v) is 4.08. The molecule has 1 fully saturated rings. The van der Waals surface area contributed by atoms with Gasteiger partial charge in [-0.2, -0.15) is 0 Å². The van der Waals surface area contributed by atoms with Gasteiger partial charge in [0.05, 0.1) is 5.56 Å². The number of carbonyl (C=O) groups is 1. The fourth-order valence-electron chi connectivity index (χ4n) is 2.91. The van der Waals surface area contributed by atoms with Gasteiger partial charge in [0.15, 0.2) is 0 Å². The van der Waals surface area contributed by atoms with E-state index in [0.717, 1.165) is 24.6 Å². The topological polar surface area (TPSA) is 72.3 Å². The maximum absolute atomic E-state index is 11.4. The predicted molar refractivity (Wildman–Crippen MR) is 79.2 cm³/mol. The Bertz CT molecular complexity index is 472. The van der Waals surface area contributed by atoms with Crippen LogP contribution >= 0.6 is 0 Å². The van der Waals surface area contributed by atoms with Gasteiger partial charge in [0.25, 0.3) is 5.91 Å². The van der Waals surface area contributed by atoms with Gasteiger partial charge >= 0.3 is 0 Å². The molecule has 0 aliphatic carbocycles. The number of primary amides is 1. The molecule has 0 bridgehead atoms. The molecule has 2 atom stereocenters. The molecule has 19 heavy (non-hydrogen) atoms. The molecule has 4 heteroatoms. The fourth-order valence-corrected chi connectivity index (χ4v) is 2.91. The number of carbonyl (C=O) groups excluding carboxylic acids is 1. The van der Waals surface area contributed by atoms with E-state index >= 15 is 0 Å². The highest BCUT2D eigenvalue weighted by Crippen LogP contribution is 2.31. The molecule has 1 aromatic carbocycles. The molecule has 1 saturated heterocycles. The van der Waals surface area contributed by atoms with Crippen LogP contribution in [-0.2, 0) is 0 Å². The van der Waals surface area contributed by atoms with Gasteiger partial charge in [-0.25, -0.2) is 0 Å². The van der Waals surface area contributed by atoms with Crippen molar-refractivity contribution in [2.75, 3.05) is 17.2 Å². The second-order valence-corrected chi connectivity index (χ2v) is 5.52. The molecule has 0 radical (unpaired) electrons. The molecule has 1 aliphatic heterocycles. The molecule has 1 aromatic rings. The lowest BCUT2D eigenvalue weighted by molar-refractivity contribution is 0.100. The van der Waals surface area contributed by atoms with Crippen molar-refractivity contribution in [3.63, 3.8) is 0 Å². The number of piperidine rings is 1. The van der Waals surface area contributed by atoms with Crippen LogP contribution in [0.4, 0.5) is 11.4 Å². The lowest BCUT2D eigenvalue weighted by atomic mass is 9.90. The molecule has 0 spiro atoms. The minimum absolute atomic E-state index is 0.422. The molecule has 104 valence electrons. The van der Waals surface area contributed by atoms with Crippen LogP contribution in [-0.4, -0.2) is 18.5 Å². The summed E-state index contributed by atoms with van der Waals surface area (Å²) in [6, 6.07) is 6.13. The number of anilines is 2. The summed E-state index contributed by atoms with van der Waals surface area (Å²) in [6.07, 6.45) is 3.50. The van der Waals surface area contributed by atoms with Crippen LogP contribution in [0.25, 0.3) is 0 Å². The first kappa shape index (κ1) is 13.7. The number of hydrogen-bond acceptors (Lipinski definition) is 3. The number of amides is 1. The van der Waals surface area contributed by atoms with Crippen LogP contribution < -0.4 is 16.4 Å². The van der Waals surface area contributed by atoms with Gasteiger partial charge in [-0.1, -0.05) is 13.8 Å². The van der Waals surface area contributed by atoms with E-state index < -0.39 is 5.91 Å². The summed E-state index contributed by atoms with van der Waals surface area (Å²) in [4.78, 5) is 13.8. The molecule has 4 N–H and O–H groups in total. The van der Waals surface area contributed by atoms with E-state index in [0.29, 0.717) is 17.3 Å². The first-order chi connectivity index (χ1) is 9.02. The minimum atomic E-state index is -0.460. The maximum atomic E-state index is 11.4. The fraction of sp³-hybridized carbons (Fsp3) is 0.533. The second-order valence-electron chi connectivity index (χ2n) is 5.52. The first-order valence-corrected chi connectivity index (χ1v) is 6.98. The first-order valence-electron chi connectivity index (χ1n) is 6.98. The smallest absolute Gasteiger partial charge is 0.250 e. The second kappa shape index (κ2) is 5.51. The molecule has 4 nitrogen and oxygen atoms in total. The number of rotatable bonds is 3. The summed E-state index contributed by atoms with van der Waals surface area (Å²) < 4.78 is 0. The zero-order valence-electron chi connectivity index (χ0n) is 11.7. The summed E-state index contributed by atoms with van der Waals surface area (Å²) >= 11 is 0. The summed E-state index contributed by atoms with van der Waals surface area (Å²) in [5, 5.41) is 0. The van der Waals surface area contributed by atoms with E-state index in [-0.39, 0.29) is 0 Å². The van der Waals surface area contributed by atoms with Crippen LogP contribution in [0.5, 0.6) is 0 Å². The average molecular weight is 261 g/mol. The van der Waals surface area contributed by atoms with E-state index in [1.54, 1.807) is 6.07 Å². The zero-order valence-corrected chi connectivity index (χ0v) is 11.7. The van der Waals surface area contributed by atoms with E-state index in [1.165, 1.54) is 12.8 Å². The average Bonchev–Trinajstić information content (AvgIpc) is 2.39. The van der Waals surface area contributed by atoms with Crippen molar-refractivity contribution in [3.8, 4) is 0 Å². The number of nitrogen functional groups attached to an aromatic ring is 1. The highest BCUT2D eigenvalue weighted by molar-refractivity contribution is 5.99. The lowest BCUT2D eigenvalue weighted by Crippen LogP contribution is -2.41. The Balaban J connectivity index is 2.30. The summed E-state index contributed by atoms with van der Waals surface area (Å²) in [5.74, 6) is 0.309.